The Kier molecular flexibility index (Phi) is 13.3. The zero-order chi connectivity index (χ0) is 25.5. The van der Waals surface area contributed by atoms with E-state index in [0.717, 1.165) is 22.7 Å². The lowest BCUT2D eigenvalue weighted by Gasteiger charge is -2.17. The summed E-state index contributed by atoms with van der Waals surface area (Å²) in [6, 6.07) is 15.4. The van der Waals surface area contributed by atoms with Crippen molar-refractivity contribution in [3.63, 3.8) is 0 Å². The van der Waals surface area contributed by atoms with Gasteiger partial charge in [0.1, 0.15) is 11.5 Å². The summed E-state index contributed by atoms with van der Waals surface area (Å²) in [5.41, 5.74) is 3.77. The fraction of sp³-hybridized carbons (Fsp3) is 0.407. The second-order valence-electron chi connectivity index (χ2n) is 6.86. The number of likely N-dealkylation sites (N-methyl/N-ethyl adjacent to an activating group) is 1. The van der Waals surface area contributed by atoms with Crippen LogP contribution >= 0.6 is 0 Å². The topological polar surface area (TPSA) is 74.0 Å². The van der Waals surface area contributed by atoms with Crippen LogP contribution in [-0.4, -0.2) is 38.3 Å². The van der Waals surface area contributed by atoms with Gasteiger partial charge in [-0.2, -0.15) is 0 Å². The second-order valence-corrected chi connectivity index (χ2v) is 6.86. The molecule has 1 aromatic heterocycles. The zero-order valence-electron chi connectivity index (χ0n) is 21.7. The minimum Gasteiger partial charge on any atom is -0.493 e. The van der Waals surface area contributed by atoms with Crippen LogP contribution in [0.25, 0.3) is 11.5 Å². The average Bonchev–Trinajstić information content (AvgIpc) is 3.25. The minimum absolute atomic E-state index is 0.146. The summed E-state index contributed by atoms with van der Waals surface area (Å²) in [4.78, 5) is 27.2. The summed E-state index contributed by atoms with van der Waals surface area (Å²) in [5.74, 6) is 1.92. The Hall–Kier alpha value is -3.16. The number of hydrogen-bond donors (Lipinski definition) is 0. The molecule has 3 rings (SSSR count). The first-order valence-corrected chi connectivity index (χ1v) is 11.7. The van der Waals surface area contributed by atoms with Crippen LogP contribution in [0.5, 0.6) is 5.75 Å². The summed E-state index contributed by atoms with van der Waals surface area (Å²) >= 11 is 0. The third-order valence-electron chi connectivity index (χ3n) is 4.70. The maximum Gasteiger partial charge on any atom is 0.256 e. The normalized spacial score (nSPS) is 9.88. The van der Waals surface area contributed by atoms with Gasteiger partial charge in [0.2, 0.25) is 5.89 Å². The molecule has 0 unspecified atom stereocenters. The molecule has 34 heavy (non-hydrogen) atoms. The monoisotopic (exact) mass is 470 g/mol. The number of amides is 1. The van der Waals surface area contributed by atoms with Crippen molar-refractivity contribution in [2.45, 2.75) is 48.0 Å². The number of nitrogens with zero attached hydrogens (tertiary/aromatic N) is 2. The van der Waals surface area contributed by atoms with Crippen LogP contribution in [0.2, 0.25) is 0 Å². The van der Waals surface area contributed by atoms with E-state index in [2.05, 4.69) is 14.8 Å². The van der Waals surface area contributed by atoms with Gasteiger partial charge in [0, 0.05) is 24.7 Å². The number of hydrogen-bond acceptors (Lipinski definition) is 6. The van der Waals surface area contributed by atoms with E-state index in [1.807, 2.05) is 90.1 Å². The van der Waals surface area contributed by atoms with Crippen molar-refractivity contribution in [1.29, 1.82) is 0 Å². The maximum absolute atomic E-state index is 11.9. The molecule has 1 heterocycles. The third-order valence-corrected chi connectivity index (χ3v) is 4.70. The van der Waals surface area contributed by atoms with E-state index in [1.54, 1.807) is 7.05 Å². The summed E-state index contributed by atoms with van der Waals surface area (Å²) < 4.78 is 11.6. The quantitative estimate of drug-likeness (QED) is 0.275. The molecule has 0 bridgehead atoms. The Labute approximate surface area is 203 Å². The van der Waals surface area contributed by atoms with Crippen LogP contribution in [0.3, 0.4) is 0 Å². The molecule has 0 spiro atoms. The third kappa shape index (κ3) is 8.65. The van der Waals surface area contributed by atoms with Gasteiger partial charge >= 0.3 is 0 Å². The van der Waals surface area contributed by atoms with Gasteiger partial charge in [-0.1, -0.05) is 45.4 Å². The first-order chi connectivity index (χ1) is 16.5. The van der Waals surface area contributed by atoms with Crippen molar-refractivity contribution in [2.75, 3.05) is 32.3 Å². The van der Waals surface area contributed by atoms with Crippen molar-refractivity contribution < 1.29 is 23.7 Å². The highest BCUT2D eigenvalue weighted by molar-refractivity contribution is 5.93. The Morgan fingerprint density at radius 1 is 0.971 bits per heavy atom. The molecule has 0 aliphatic carbocycles. The largest absolute Gasteiger partial charge is 0.493 e. The lowest BCUT2D eigenvalue weighted by Crippen LogP contribution is -2.29. The summed E-state index contributed by atoms with van der Waals surface area (Å²) in [6.45, 7) is 12.3. The highest BCUT2D eigenvalue weighted by atomic mass is 17.2. The molecule has 0 aliphatic heterocycles. The van der Waals surface area contributed by atoms with Crippen LogP contribution in [0, 0.1) is 13.8 Å². The van der Waals surface area contributed by atoms with Crippen LogP contribution < -0.4 is 9.64 Å². The molecule has 1 amide bonds. The highest BCUT2D eigenvalue weighted by Crippen LogP contribution is 2.23. The number of rotatable bonds is 9. The average molecular weight is 471 g/mol. The molecule has 0 fully saturated rings. The van der Waals surface area contributed by atoms with Gasteiger partial charge in [-0.3, -0.25) is 4.79 Å². The van der Waals surface area contributed by atoms with Crippen molar-refractivity contribution in [2.24, 2.45) is 0 Å². The van der Waals surface area contributed by atoms with Gasteiger partial charge in [0.15, 0.2) is 6.61 Å². The van der Waals surface area contributed by atoms with Gasteiger partial charge < -0.3 is 14.1 Å². The van der Waals surface area contributed by atoms with Crippen LogP contribution in [0.4, 0.5) is 5.69 Å². The number of carbonyl (C=O) groups excluding carboxylic acids is 1. The number of benzene rings is 2. The van der Waals surface area contributed by atoms with Crippen molar-refractivity contribution in [3.05, 3.63) is 65.5 Å². The molecule has 186 valence electrons. The Bertz CT molecular complexity index is 966. The van der Waals surface area contributed by atoms with Gasteiger partial charge in [-0.05, 0) is 50.2 Å². The molecule has 0 saturated heterocycles. The smallest absolute Gasteiger partial charge is 0.256 e. The molecule has 7 heteroatoms. The minimum atomic E-state index is -0.212. The SMILES string of the molecule is CC.CC.COOCC(=O)N(C)c1ccc(OCCc2nc(-c3ccc(C)cc3)oc2C)cc1. The Morgan fingerprint density at radius 2 is 1.59 bits per heavy atom. The standard InChI is InChI=1S/C23H26N2O5.2C2H6/c1-16-5-7-18(8-6-16)23-24-21(17(2)30-23)13-14-28-20-11-9-19(10-12-20)25(3)22(26)15-29-27-4;2*1-2/h5-12H,13-15H2,1-4H3;2*1-2H3. The van der Waals surface area contributed by atoms with Crippen LogP contribution in [0.1, 0.15) is 44.7 Å². The van der Waals surface area contributed by atoms with E-state index in [0.29, 0.717) is 24.7 Å². The van der Waals surface area contributed by atoms with E-state index < -0.39 is 0 Å². The Morgan fingerprint density at radius 3 is 2.18 bits per heavy atom. The fourth-order valence-corrected chi connectivity index (χ4v) is 2.86. The second kappa shape index (κ2) is 15.6. The fourth-order valence-electron chi connectivity index (χ4n) is 2.86. The molecular formula is C27H38N2O5. The summed E-state index contributed by atoms with van der Waals surface area (Å²) in [6.07, 6.45) is 0.635. The van der Waals surface area contributed by atoms with Gasteiger partial charge in [0.05, 0.1) is 19.4 Å². The molecule has 0 aliphatic rings. The maximum atomic E-state index is 11.9. The van der Waals surface area contributed by atoms with E-state index in [-0.39, 0.29) is 12.5 Å². The predicted octanol–water partition coefficient (Wildman–Crippen LogP) is 6.17. The van der Waals surface area contributed by atoms with E-state index in [1.165, 1.54) is 17.6 Å². The number of anilines is 1. The van der Waals surface area contributed by atoms with Gasteiger partial charge in [-0.15, -0.1) is 0 Å². The molecule has 3 aromatic rings. The number of ether oxygens (including phenoxy) is 1. The highest BCUT2D eigenvalue weighted by Gasteiger charge is 2.13. The molecule has 0 atom stereocenters. The van der Waals surface area contributed by atoms with E-state index >= 15 is 0 Å². The van der Waals surface area contributed by atoms with E-state index in [9.17, 15) is 4.79 Å². The first-order valence-electron chi connectivity index (χ1n) is 11.7. The molecule has 2 aromatic carbocycles. The van der Waals surface area contributed by atoms with Gasteiger partial charge in [0.25, 0.3) is 5.91 Å². The molecular weight excluding hydrogens is 432 g/mol. The number of aryl methyl sites for hydroxylation is 2. The Balaban J connectivity index is 0.00000137. The summed E-state index contributed by atoms with van der Waals surface area (Å²) in [5, 5.41) is 0. The van der Waals surface area contributed by atoms with E-state index in [4.69, 9.17) is 9.15 Å². The number of oxazole rings is 1. The van der Waals surface area contributed by atoms with Gasteiger partial charge in [-0.25, -0.2) is 14.8 Å². The zero-order valence-corrected chi connectivity index (χ0v) is 21.7. The predicted molar refractivity (Wildman–Crippen MR) is 136 cm³/mol. The number of carbonyl (C=O) groups is 1. The lowest BCUT2D eigenvalue weighted by molar-refractivity contribution is -0.266. The van der Waals surface area contributed by atoms with Crippen molar-refractivity contribution in [1.82, 2.24) is 4.98 Å². The van der Waals surface area contributed by atoms with Crippen molar-refractivity contribution in [3.8, 4) is 17.2 Å². The van der Waals surface area contributed by atoms with Crippen molar-refractivity contribution >= 4 is 11.6 Å². The summed E-state index contributed by atoms with van der Waals surface area (Å²) in [7, 11) is 3.04. The molecule has 0 radical (unpaired) electrons. The van der Waals surface area contributed by atoms with Crippen LogP contribution in [-0.2, 0) is 21.0 Å². The molecule has 0 saturated carbocycles. The number of aromatic nitrogens is 1. The molecule has 7 nitrogen and oxygen atoms in total. The lowest BCUT2D eigenvalue weighted by atomic mass is 10.1. The van der Waals surface area contributed by atoms with Crippen LogP contribution in [0.15, 0.2) is 52.9 Å². The molecule has 0 N–H and O–H groups in total. The first kappa shape index (κ1) is 28.9.